The van der Waals surface area contributed by atoms with Crippen LogP contribution >= 0.6 is 0 Å². The Hall–Kier alpha value is -1.14. The van der Waals surface area contributed by atoms with Crippen LogP contribution in [0.1, 0.15) is 32.0 Å². The maximum atomic E-state index is 5.88. The molecular weight excluding hydrogens is 234 g/mol. The Kier molecular flexibility index (Phi) is 2.99. The zero-order valence-electron chi connectivity index (χ0n) is 10.9. The highest BCUT2D eigenvalue weighted by molar-refractivity contribution is 5.28. The van der Waals surface area contributed by atoms with Crippen LogP contribution in [0.3, 0.4) is 0 Å². The van der Waals surface area contributed by atoms with Crippen LogP contribution in [-0.4, -0.2) is 48.7 Å². The fraction of sp³-hybridized carbons (Fsp3) is 0.833. The summed E-state index contributed by atoms with van der Waals surface area (Å²) in [5.74, 6) is 1.04. The van der Waals surface area contributed by atoms with Gasteiger partial charge < -0.3 is 18.9 Å². The highest BCUT2D eigenvalue weighted by Gasteiger charge is 2.41. The topological polar surface area (TPSA) is 60.6 Å². The van der Waals surface area contributed by atoms with E-state index in [1.807, 2.05) is 0 Å². The Morgan fingerprint density at radius 3 is 2.89 bits per heavy atom. The van der Waals surface area contributed by atoms with Gasteiger partial charge in [0.1, 0.15) is 5.60 Å². The molecule has 2 fully saturated rings. The molecule has 0 N–H and O–H groups in total. The van der Waals surface area contributed by atoms with Gasteiger partial charge in [-0.05, 0) is 0 Å². The summed E-state index contributed by atoms with van der Waals surface area (Å²) in [6.45, 7) is 7.79. The van der Waals surface area contributed by atoms with Crippen molar-refractivity contribution in [1.29, 1.82) is 0 Å². The van der Waals surface area contributed by atoms with E-state index >= 15 is 0 Å². The van der Waals surface area contributed by atoms with Gasteiger partial charge >= 0.3 is 6.01 Å². The van der Waals surface area contributed by atoms with Crippen molar-refractivity contribution >= 4 is 6.01 Å². The van der Waals surface area contributed by atoms with E-state index in [1.165, 1.54) is 0 Å². The lowest BCUT2D eigenvalue weighted by Crippen LogP contribution is -2.52. The van der Waals surface area contributed by atoms with E-state index in [-0.39, 0.29) is 11.5 Å². The molecule has 1 spiro atoms. The third-order valence-electron chi connectivity index (χ3n) is 3.53. The molecule has 0 bridgehead atoms. The normalized spacial score (nSPS) is 28.5. The maximum absolute atomic E-state index is 5.88. The minimum atomic E-state index is -0.176. The molecule has 0 saturated carbocycles. The third kappa shape index (κ3) is 2.10. The highest BCUT2D eigenvalue weighted by atomic mass is 16.6. The molecule has 6 heteroatoms. The summed E-state index contributed by atoms with van der Waals surface area (Å²) in [5, 5.41) is 4.01. The van der Waals surface area contributed by atoms with Crippen molar-refractivity contribution in [3.8, 4) is 0 Å². The van der Waals surface area contributed by atoms with Crippen molar-refractivity contribution < 1.29 is 14.0 Å². The molecule has 6 nitrogen and oxygen atoms in total. The molecular formula is C12H19N3O3. The van der Waals surface area contributed by atoms with Crippen molar-refractivity contribution in [2.45, 2.75) is 31.8 Å². The van der Waals surface area contributed by atoms with Gasteiger partial charge in [-0.1, -0.05) is 19.0 Å². The average Bonchev–Trinajstić information content (AvgIpc) is 2.98. The Labute approximate surface area is 106 Å². The molecule has 1 atom stereocenters. The smallest absolute Gasteiger partial charge is 0.324 e. The van der Waals surface area contributed by atoms with Crippen molar-refractivity contribution in [3.05, 3.63) is 5.82 Å². The third-order valence-corrected chi connectivity index (χ3v) is 3.53. The first-order valence-electron chi connectivity index (χ1n) is 6.49. The molecule has 0 aliphatic carbocycles. The first kappa shape index (κ1) is 11.9. The minimum Gasteiger partial charge on any atom is -0.378 e. The van der Waals surface area contributed by atoms with Gasteiger partial charge in [0.2, 0.25) is 0 Å². The molecule has 3 heterocycles. The SMILES string of the molecule is CC(C)c1noc(N2CCOC3(CCOC3)C2)n1. The van der Waals surface area contributed by atoms with Crippen molar-refractivity contribution in [1.82, 2.24) is 10.1 Å². The van der Waals surface area contributed by atoms with Crippen molar-refractivity contribution in [2.75, 3.05) is 37.8 Å². The number of ether oxygens (including phenoxy) is 2. The lowest BCUT2D eigenvalue weighted by atomic mass is 10.0. The Morgan fingerprint density at radius 2 is 2.22 bits per heavy atom. The minimum absolute atomic E-state index is 0.176. The molecule has 0 radical (unpaired) electrons. The number of rotatable bonds is 2. The zero-order valence-corrected chi connectivity index (χ0v) is 10.9. The second-order valence-electron chi connectivity index (χ2n) is 5.35. The van der Waals surface area contributed by atoms with Crippen LogP contribution in [-0.2, 0) is 9.47 Å². The van der Waals surface area contributed by atoms with Gasteiger partial charge in [-0.25, -0.2) is 0 Å². The summed E-state index contributed by atoms with van der Waals surface area (Å²) < 4.78 is 16.7. The van der Waals surface area contributed by atoms with E-state index in [2.05, 4.69) is 28.9 Å². The largest absolute Gasteiger partial charge is 0.378 e. The maximum Gasteiger partial charge on any atom is 0.324 e. The van der Waals surface area contributed by atoms with Crippen LogP contribution < -0.4 is 4.90 Å². The number of nitrogens with zero attached hydrogens (tertiary/aromatic N) is 3. The van der Waals surface area contributed by atoms with Gasteiger partial charge in [0.25, 0.3) is 0 Å². The molecule has 0 amide bonds. The molecule has 1 unspecified atom stereocenters. The molecule has 1 aromatic heterocycles. The van der Waals surface area contributed by atoms with Gasteiger partial charge in [0.05, 0.1) is 19.8 Å². The average molecular weight is 253 g/mol. The number of morpholine rings is 1. The first-order valence-corrected chi connectivity index (χ1v) is 6.49. The fourth-order valence-electron chi connectivity index (χ4n) is 2.42. The Bertz CT molecular complexity index is 412. The van der Waals surface area contributed by atoms with Gasteiger partial charge in [0, 0.05) is 25.5 Å². The molecule has 1 aromatic rings. The van der Waals surface area contributed by atoms with E-state index in [0.29, 0.717) is 19.2 Å². The summed E-state index contributed by atoms with van der Waals surface area (Å²) in [5.41, 5.74) is -0.176. The van der Waals surface area contributed by atoms with Crippen LogP contribution in [0.5, 0.6) is 0 Å². The summed E-state index contributed by atoms with van der Waals surface area (Å²) in [6.07, 6.45) is 0.939. The summed E-state index contributed by atoms with van der Waals surface area (Å²) in [6, 6.07) is 0.605. The molecule has 0 aromatic carbocycles. The molecule has 18 heavy (non-hydrogen) atoms. The molecule has 2 aliphatic rings. The predicted molar refractivity (Wildman–Crippen MR) is 64.7 cm³/mol. The highest BCUT2D eigenvalue weighted by Crippen LogP contribution is 2.29. The van der Waals surface area contributed by atoms with Gasteiger partial charge in [0.15, 0.2) is 5.82 Å². The first-order chi connectivity index (χ1) is 8.69. The van der Waals surface area contributed by atoms with E-state index in [0.717, 1.165) is 31.9 Å². The number of aromatic nitrogens is 2. The standard InChI is InChI=1S/C12H19N3O3/c1-9(2)10-13-11(18-14-10)15-4-6-17-12(7-15)3-5-16-8-12/h9H,3-8H2,1-2H3. The Balaban J connectivity index is 1.75. The molecule has 2 aliphatic heterocycles. The van der Waals surface area contributed by atoms with E-state index in [1.54, 1.807) is 0 Å². The summed E-state index contributed by atoms with van der Waals surface area (Å²) >= 11 is 0. The Morgan fingerprint density at radius 1 is 1.33 bits per heavy atom. The fourth-order valence-corrected chi connectivity index (χ4v) is 2.42. The number of hydrogen-bond acceptors (Lipinski definition) is 6. The number of hydrogen-bond donors (Lipinski definition) is 0. The summed E-state index contributed by atoms with van der Waals surface area (Å²) in [7, 11) is 0. The second-order valence-corrected chi connectivity index (χ2v) is 5.35. The van der Waals surface area contributed by atoms with E-state index in [4.69, 9.17) is 14.0 Å². The molecule has 100 valence electrons. The van der Waals surface area contributed by atoms with Crippen LogP contribution in [0, 0.1) is 0 Å². The van der Waals surface area contributed by atoms with Crippen molar-refractivity contribution in [2.24, 2.45) is 0 Å². The lowest BCUT2D eigenvalue weighted by molar-refractivity contribution is -0.0591. The second kappa shape index (κ2) is 4.51. The monoisotopic (exact) mass is 253 g/mol. The van der Waals surface area contributed by atoms with E-state index < -0.39 is 0 Å². The van der Waals surface area contributed by atoms with Crippen LogP contribution in [0.2, 0.25) is 0 Å². The quantitative estimate of drug-likeness (QED) is 0.789. The van der Waals surface area contributed by atoms with Crippen LogP contribution in [0.15, 0.2) is 4.52 Å². The number of anilines is 1. The lowest BCUT2D eigenvalue weighted by Gasteiger charge is -2.38. The van der Waals surface area contributed by atoms with Crippen molar-refractivity contribution in [3.63, 3.8) is 0 Å². The predicted octanol–water partition coefficient (Wildman–Crippen LogP) is 1.19. The van der Waals surface area contributed by atoms with Gasteiger partial charge in [-0.2, -0.15) is 4.98 Å². The van der Waals surface area contributed by atoms with Gasteiger partial charge in [-0.3, -0.25) is 0 Å². The van der Waals surface area contributed by atoms with Crippen LogP contribution in [0.25, 0.3) is 0 Å². The molecule has 3 rings (SSSR count). The zero-order chi connectivity index (χ0) is 12.6. The molecule has 2 saturated heterocycles. The van der Waals surface area contributed by atoms with E-state index in [9.17, 15) is 0 Å². The van der Waals surface area contributed by atoms with Gasteiger partial charge in [-0.15, -0.1) is 0 Å². The summed E-state index contributed by atoms with van der Waals surface area (Å²) in [4.78, 5) is 6.55. The van der Waals surface area contributed by atoms with Crippen LogP contribution in [0.4, 0.5) is 6.01 Å².